The summed E-state index contributed by atoms with van der Waals surface area (Å²) in [6, 6.07) is 17.3. The molecule has 2 heterocycles. The van der Waals surface area contributed by atoms with Crippen LogP contribution in [0.5, 0.6) is 11.5 Å². The van der Waals surface area contributed by atoms with E-state index in [4.69, 9.17) is 9.47 Å². The topological polar surface area (TPSA) is 221 Å². The zero-order valence-corrected chi connectivity index (χ0v) is 29.2. The monoisotopic (exact) mass is 736 g/mol. The summed E-state index contributed by atoms with van der Waals surface area (Å²) >= 11 is 0. The van der Waals surface area contributed by atoms with Gasteiger partial charge in [-0.05, 0) is 79.7 Å². The molecule has 18 heteroatoms. The predicted octanol–water partition coefficient (Wildman–Crippen LogP) is 4.55. The van der Waals surface area contributed by atoms with Crippen molar-refractivity contribution in [2.45, 2.75) is 16.7 Å². The Morgan fingerprint density at radius 3 is 1.43 bits per heavy atom. The minimum absolute atomic E-state index is 0.0336. The number of methoxy groups -OCH3 is 1. The van der Waals surface area contributed by atoms with Gasteiger partial charge in [0.25, 0.3) is 20.0 Å². The van der Waals surface area contributed by atoms with E-state index in [1.54, 1.807) is 35.4 Å². The lowest BCUT2D eigenvalue weighted by Crippen LogP contribution is -2.13. The number of benzene rings is 4. The molecule has 0 fully saturated rings. The number of hydrogen-bond acceptors (Lipinski definition) is 10. The first-order valence-electron chi connectivity index (χ1n) is 14.9. The second-order valence-corrected chi connectivity index (χ2v) is 14.3. The van der Waals surface area contributed by atoms with Gasteiger partial charge in [0, 0.05) is 14.1 Å². The fraction of sp³-hybridized carbons (Fsp3) is 0.152. The Labute approximate surface area is 292 Å². The third-order valence-electron chi connectivity index (χ3n) is 7.41. The van der Waals surface area contributed by atoms with E-state index < -0.39 is 32.0 Å². The van der Waals surface area contributed by atoms with Crippen LogP contribution in [-0.2, 0) is 34.1 Å². The molecule has 0 atom stereocenters. The lowest BCUT2D eigenvalue weighted by atomic mass is 10.1. The van der Waals surface area contributed by atoms with Crippen LogP contribution in [0.2, 0.25) is 0 Å². The largest absolute Gasteiger partial charge is 0.497 e. The van der Waals surface area contributed by atoms with Crippen LogP contribution in [0.25, 0.3) is 22.1 Å². The highest BCUT2D eigenvalue weighted by Gasteiger charge is 2.21. The van der Waals surface area contributed by atoms with Crippen LogP contribution in [0.4, 0.5) is 11.4 Å². The average Bonchev–Trinajstić information content (AvgIpc) is 3.65. The lowest BCUT2D eigenvalue weighted by molar-refractivity contribution is 0.0687. The molecule has 4 aromatic carbocycles. The van der Waals surface area contributed by atoms with E-state index in [1.807, 2.05) is 6.92 Å². The molecule has 6 rings (SSSR count). The molecule has 266 valence electrons. The summed E-state index contributed by atoms with van der Waals surface area (Å²) in [7, 11) is -2.93. The molecule has 0 amide bonds. The van der Waals surface area contributed by atoms with E-state index in [0.717, 1.165) is 0 Å². The van der Waals surface area contributed by atoms with E-state index in [-0.39, 0.29) is 32.3 Å². The van der Waals surface area contributed by atoms with Crippen molar-refractivity contribution < 1.29 is 46.1 Å². The average molecular weight is 737 g/mol. The van der Waals surface area contributed by atoms with Gasteiger partial charge in [-0.25, -0.2) is 36.4 Å². The highest BCUT2D eigenvalue weighted by molar-refractivity contribution is 7.93. The minimum atomic E-state index is -3.88. The van der Waals surface area contributed by atoms with Gasteiger partial charge in [-0.15, -0.1) is 0 Å². The van der Waals surface area contributed by atoms with Gasteiger partial charge in [-0.3, -0.25) is 9.44 Å². The summed E-state index contributed by atoms with van der Waals surface area (Å²) in [5, 5.41) is 18.8. The summed E-state index contributed by atoms with van der Waals surface area (Å²) < 4.78 is 68.4. The molecule has 0 radical (unpaired) electrons. The van der Waals surface area contributed by atoms with Crippen molar-refractivity contribution in [2.75, 3.05) is 23.2 Å². The minimum Gasteiger partial charge on any atom is -0.497 e. The predicted molar refractivity (Wildman–Crippen MR) is 188 cm³/mol. The quantitative estimate of drug-likeness (QED) is 0.144. The van der Waals surface area contributed by atoms with Crippen LogP contribution >= 0.6 is 0 Å². The van der Waals surface area contributed by atoms with Crippen LogP contribution < -0.4 is 18.9 Å². The van der Waals surface area contributed by atoms with E-state index in [2.05, 4.69) is 19.4 Å². The zero-order valence-electron chi connectivity index (χ0n) is 27.6. The summed E-state index contributed by atoms with van der Waals surface area (Å²) in [5.41, 5.74) is 1.78. The standard InChI is InChI=1S/C17H17N3O5S.C16H15N3O5S/c1-3-25-12-4-6-13(7-5-12)26(23,24)19-11-8-14(17(21)22)16-15(9-11)18-10-20(16)2;1-19-9-17-14-8-10(7-13(15(14)19)16(20)21)18-25(22,23)12-5-3-11(24-2)4-6-12/h4-10,19H,3H2,1-2H3,(H,21,22);3-9,18H,1-2H3,(H,20,21). The number of nitrogens with one attached hydrogen (secondary N) is 2. The summed E-state index contributed by atoms with van der Waals surface area (Å²) in [5.74, 6) is -1.24. The Bertz CT molecular complexity index is 2480. The number of carbonyl (C=O) groups is 2. The smallest absolute Gasteiger partial charge is 0.337 e. The second kappa shape index (κ2) is 14.4. The van der Waals surface area contributed by atoms with Gasteiger partial charge in [0.05, 0.1) is 80.7 Å². The number of fused-ring (bicyclic) bond motifs is 2. The molecule has 4 N–H and O–H groups in total. The molecule has 2 aromatic heterocycles. The fourth-order valence-electron chi connectivity index (χ4n) is 5.10. The summed E-state index contributed by atoms with van der Waals surface area (Å²) in [4.78, 5) is 31.3. The zero-order chi connectivity index (χ0) is 37.1. The fourth-order valence-corrected chi connectivity index (χ4v) is 7.18. The maximum Gasteiger partial charge on any atom is 0.337 e. The molecule has 6 aromatic rings. The Kier molecular flexibility index (Phi) is 10.2. The molecule has 0 aliphatic heterocycles. The molecule has 0 bridgehead atoms. The number of nitrogens with zero attached hydrogens (tertiary/aromatic N) is 4. The van der Waals surface area contributed by atoms with Gasteiger partial charge < -0.3 is 28.8 Å². The first kappa shape index (κ1) is 36.1. The number of sulfonamides is 2. The molecule has 0 unspecified atom stereocenters. The van der Waals surface area contributed by atoms with Crippen molar-refractivity contribution in [3.63, 3.8) is 0 Å². The third kappa shape index (κ3) is 7.86. The Balaban J connectivity index is 0.000000198. The number of imidazole rings is 2. The van der Waals surface area contributed by atoms with Crippen molar-refractivity contribution in [1.29, 1.82) is 0 Å². The van der Waals surface area contributed by atoms with E-state index >= 15 is 0 Å². The number of hydrogen-bond donors (Lipinski definition) is 4. The van der Waals surface area contributed by atoms with E-state index in [0.29, 0.717) is 40.2 Å². The molecule has 0 saturated heterocycles. The summed E-state index contributed by atoms with van der Waals surface area (Å²) in [6.07, 6.45) is 2.95. The number of anilines is 2. The van der Waals surface area contributed by atoms with Gasteiger partial charge in [-0.1, -0.05) is 0 Å². The third-order valence-corrected chi connectivity index (χ3v) is 10.2. The number of ether oxygens (including phenoxy) is 2. The van der Waals surface area contributed by atoms with Crippen LogP contribution in [-0.4, -0.2) is 71.8 Å². The van der Waals surface area contributed by atoms with Gasteiger partial charge in [-0.2, -0.15) is 0 Å². The molecule has 51 heavy (non-hydrogen) atoms. The Morgan fingerprint density at radius 1 is 0.686 bits per heavy atom. The number of carboxylic acid groups (broad SMARTS) is 2. The van der Waals surface area contributed by atoms with Crippen molar-refractivity contribution in [3.8, 4) is 11.5 Å². The lowest BCUT2D eigenvalue weighted by Gasteiger charge is -2.10. The van der Waals surface area contributed by atoms with Crippen LogP contribution in [0.15, 0.2) is 95.2 Å². The molecule has 0 saturated carbocycles. The van der Waals surface area contributed by atoms with Gasteiger partial charge in [0.1, 0.15) is 11.5 Å². The number of rotatable bonds is 11. The first-order chi connectivity index (χ1) is 24.1. The maximum absolute atomic E-state index is 12.6. The Hall–Kier alpha value is -6.14. The number of carboxylic acids is 2. The van der Waals surface area contributed by atoms with Crippen molar-refractivity contribution in [1.82, 2.24) is 19.1 Å². The van der Waals surface area contributed by atoms with E-state index in [1.165, 1.54) is 80.4 Å². The highest BCUT2D eigenvalue weighted by Crippen LogP contribution is 2.27. The maximum atomic E-state index is 12.6. The van der Waals surface area contributed by atoms with Gasteiger partial charge >= 0.3 is 11.9 Å². The van der Waals surface area contributed by atoms with Crippen LogP contribution in [0.3, 0.4) is 0 Å². The van der Waals surface area contributed by atoms with Crippen molar-refractivity contribution >= 4 is 65.4 Å². The molecular formula is C33H32N6O10S2. The highest BCUT2D eigenvalue weighted by atomic mass is 32.2. The molecule has 0 aliphatic rings. The van der Waals surface area contributed by atoms with Crippen molar-refractivity contribution in [2.24, 2.45) is 14.1 Å². The van der Waals surface area contributed by atoms with Crippen LogP contribution in [0.1, 0.15) is 27.6 Å². The normalized spacial score (nSPS) is 11.5. The van der Waals surface area contributed by atoms with Crippen LogP contribution in [0, 0.1) is 0 Å². The second-order valence-electron chi connectivity index (χ2n) is 10.9. The number of aryl methyl sites for hydroxylation is 2. The number of aromatic carboxylic acids is 2. The molecular weight excluding hydrogens is 705 g/mol. The first-order valence-corrected chi connectivity index (χ1v) is 17.9. The van der Waals surface area contributed by atoms with Gasteiger partial charge in [0.15, 0.2) is 0 Å². The number of aromatic nitrogens is 4. The van der Waals surface area contributed by atoms with Gasteiger partial charge in [0.2, 0.25) is 0 Å². The molecule has 0 aliphatic carbocycles. The van der Waals surface area contributed by atoms with E-state index in [9.17, 15) is 36.6 Å². The SMILES string of the molecule is CCOc1ccc(S(=O)(=O)Nc2cc(C(=O)O)c3c(c2)ncn3C)cc1.COc1ccc(S(=O)(=O)Nc2cc(C(=O)O)c3c(c2)ncn3C)cc1. The molecule has 0 spiro atoms. The Morgan fingerprint density at radius 2 is 1.08 bits per heavy atom. The van der Waals surface area contributed by atoms with Crippen molar-refractivity contribution in [3.05, 3.63) is 96.6 Å². The summed E-state index contributed by atoms with van der Waals surface area (Å²) in [6.45, 7) is 2.31. The molecule has 16 nitrogen and oxygen atoms in total.